The van der Waals surface area contributed by atoms with Crippen LogP contribution in [0.5, 0.6) is 0 Å². The van der Waals surface area contributed by atoms with E-state index in [0.29, 0.717) is 35.2 Å². The highest BCUT2D eigenvalue weighted by Crippen LogP contribution is 2.23. The summed E-state index contributed by atoms with van der Waals surface area (Å²) < 4.78 is 21.3. The van der Waals surface area contributed by atoms with E-state index in [1.165, 1.54) is 23.0 Å². The quantitative estimate of drug-likeness (QED) is 0.414. The normalized spacial score (nSPS) is 12.0. The summed E-state index contributed by atoms with van der Waals surface area (Å²) >= 11 is 0. The van der Waals surface area contributed by atoms with Crippen LogP contribution in [0.1, 0.15) is 42.2 Å². The number of hydrogen-bond acceptors (Lipinski definition) is 6. The Morgan fingerprint density at radius 1 is 1.09 bits per heavy atom. The molecule has 0 saturated carbocycles. The van der Waals surface area contributed by atoms with Crippen LogP contribution in [-0.2, 0) is 16.1 Å². The minimum absolute atomic E-state index is 0.00399. The Bertz CT molecular complexity index is 1280. The standard InChI is InChI=1S/C23H23FN6O3/c1-3-20(15-9-26-29(13-15)14-22(31)33-4-2)28-23(32)19-10-25-12-21-18(19)11-27-30(21)17-7-5-16(24)6-8-17/h5-13,20H,3-4,14H2,1-2H3,(H,28,32). The number of esters is 1. The van der Waals surface area contributed by atoms with Gasteiger partial charge >= 0.3 is 5.97 Å². The first-order valence-electron chi connectivity index (χ1n) is 10.6. The highest BCUT2D eigenvalue weighted by Gasteiger charge is 2.20. The van der Waals surface area contributed by atoms with Crippen LogP contribution in [0, 0.1) is 5.82 Å². The Balaban J connectivity index is 1.55. The first-order valence-corrected chi connectivity index (χ1v) is 10.6. The molecule has 1 N–H and O–H groups in total. The molecule has 10 heteroatoms. The number of benzene rings is 1. The first kappa shape index (κ1) is 22.1. The van der Waals surface area contributed by atoms with E-state index >= 15 is 0 Å². The summed E-state index contributed by atoms with van der Waals surface area (Å²) in [6.07, 6.45) is 8.66. The monoisotopic (exact) mass is 450 g/mol. The van der Waals surface area contributed by atoms with Crippen molar-refractivity contribution in [2.24, 2.45) is 0 Å². The van der Waals surface area contributed by atoms with Crippen molar-refractivity contribution in [3.8, 4) is 5.69 Å². The van der Waals surface area contributed by atoms with Crippen molar-refractivity contribution < 1.29 is 18.7 Å². The lowest BCUT2D eigenvalue weighted by Gasteiger charge is -2.15. The Hall–Kier alpha value is -4.08. The maximum absolute atomic E-state index is 13.3. The van der Waals surface area contributed by atoms with Crippen LogP contribution in [0.25, 0.3) is 16.6 Å². The van der Waals surface area contributed by atoms with Crippen molar-refractivity contribution in [3.63, 3.8) is 0 Å². The molecule has 3 heterocycles. The number of hydrogen-bond donors (Lipinski definition) is 1. The Labute approximate surface area is 189 Å². The van der Waals surface area contributed by atoms with Gasteiger partial charge in [-0.25, -0.2) is 9.07 Å². The van der Waals surface area contributed by atoms with Crippen LogP contribution in [0.2, 0.25) is 0 Å². The molecule has 0 aliphatic rings. The highest BCUT2D eigenvalue weighted by molar-refractivity contribution is 6.06. The van der Waals surface area contributed by atoms with Gasteiger partial charge in [0.25, 0.3) is 5.91 Å². The third-order valence-corrected chi connectivity index (χ3v) is 5.18. The van der Waals surface area contributed by atoms with E-state index in [2.05, 4.69) is 20.5 Å². The Kier molecular flexibility index (Phi) is 6.43. The SMILES string of the molecule is CCOC(=O)Cn1cc(C(CC)NC(=O)c2cncc3c2cnn3-c2ccc(F)cc2)cn1. The molecule has 0 aliphatic carbocycles. The molecule has 1 unspecified atom stereocenters. The summed E-state index contributed by atoms with van der Waals surface area (Å²) in [6, 6.07) is 5.60. The van der Waals surface area contributed by atoms with E-state index in [-0.39, 0.29) is 30.3 Å². The zero-order chi connectivity index (χ0) is 23.4. The summed E-state index contributed by atoms with van der Waals surface area (Å²) in [5.41, 5.74) is 2.44. The van der Waals surface area contributed by atoms with E-state index in [0.717, 1.165) is 5.56 Å². The molecule has 9 nitrogen and oxygen atoms in total. The van der Waals surface area contributed by atoms with Crippen LogP contribution in [0.3, 0.4) is 0 Å². The molecule has 170 valence electrons. The predicted octanol–water partition coefficient (Wildman–Crippen LogP) is 3.20. The maximum Gasteiger partial charge on any atom is 0.327 e. The zero-order valence-electron chi connectivity index (χ0n) is 18.2. The van der Waals surface area contributed by atoms with Crippen LogP contribution >= 0.6 is 0 Å². The molecule has 1 aromatic carbocycles. The second-order valence-electron chi connectivity index (χ2n) is 7.36. The maximum atomic E-state index is 13.3. The van der Waals surface area contributed by atoms with Gasteiger partial charge in [-0.05, 0) is 37.6 Å². The molecule has 4 aromatic rings. The second kappa shape index (κ2) is 9.60. The van der Waals surface area contributed by atoms with E-state index < -0.39 is 0 Å². The van der Waals surface area contributed by atoms with Crippen molar-refractivity contribution in [1.29, 1.82) is 0 Å². The number of amides is 1. The molecular weight excluding hydrogens is 427 g/mol. The van der Waals surface area contributed by atoms with Gasteiger partial charge in [0.1, 0.15) is 12.4 Å². The van der Waals surface area contributed by atoms with Gasteiger partial charge in [0.05, 0.1) is 48.0 Å². The molecule has 1 atom stereocenters. The molecule has 0 aliphatic heterocycles. The average molecular weight is 450 g/mol. The fraction of sp³-hybridized carbons (Fsp3) is 0.261. The molecule has 0 bridgehead atoms. The summed E-state index contributed by atoms with van der Waals surface area (Å²) in [5, 5.41) is 12.2. The smallest absolute Gasteiger partial charge is 0.327 e. The van der Waals surface area contributed by atoms with Crippen LogP contribution < -0.4 is 5.32 Å². The van der Waals surface area contributed by atoms with Gasteiger partial charge in [-0.15, -0.1) is 0 Å². The van der Waals surface area contributed by atoms with Crippen molar-refractivity contribution in [1.82, 2.24) is 29.9 Å². The van der Waals surface area contributed by atoms with Gasteiger partial charge in [0, 0.05) is 23.3 Å². The number of halogens is 1. The number of nitrogens with one attached hydrogen (secondary N) is 1. The van der Waals surface area contributed by atoms with Gasteiger partial charge < -0.3 is 10.1 Å². The molecule has 33 heavy (non-hydrogen) atoms. The third kappa shape index (κ3) is 4.74. The molecule has 0 radical (unpaired) electrons. The lowest BCUT2D eigenvalue weighted by molar-refractivity contribution is -0.144. The Morgan fingerprint density at radius 2 is 1.88 bits per heavy atom. The predicted molar refractivity (Wildman–Crippen MR) is 118 cm³/mol. The molecule has 0 spiro atoms. The van der Waals surface area contributed by atoms with Gasteiger partial charge in [-0.2, -0.15) is 10.2 Å². The number of aromatic nitrogens is 5. The largest absolute Gasteiger partial charge is 0.465 e. The lowest BCUT2D eigenvalue weighted by Crippen LogP contribution is -2.28. The molecule has 0 fully saturated rings. The van der Waals surface area contributed by atoms with Crippen LogP contribution in [0.15, 0.2) is 55.2 Å². The number of rotatable bonds is 8. The van der Waals surface area contributed by atoms with Crippen LogP contribution in [0.4, 0.5) is 4.39 Å². The second-order valence-corrected chi connectivity index (χ2v) is 7.36. The number of fused-ring (bicyclic) bond motifs is 1. The fourth-order valence-electron chi connectivity index (χ4n) is 3.55. The van der Waals surface area contributed by atoms with Gasteiger partial charge in [0.15, 0.2) is 0 Å². The van der Waals surface area contributed by atoms with Crippen molar-refractivity contribution >= 4 is 22.8 Å². The third-order valence-electron chi connectivity index (χ3n) is 5.18. The number of pyridine rings is 1. The summed E-state index contributed by atoms with van der Waals surface area (Å²) in [4.78, 5) is 29.0. The number of carbonyl (C=O) groups is 2. The van der Waals surface area contributed by atoms with Crippen molar-refractivity contribution in [2.75, 3.05) is 6.61 Å². The highest BCUT2D eigenvalue weighted by atomic mass is 19.1. The average Bonchev–Trinajstić information content (AvgIpc) is 3.45. The summed E-state index contributed by atoms with van der Waals surface area (Å²) in [5.74, 6) is -1.03. The summed E-state index contributed by atoms with van der Waals surface area (Å²) in [7, 11) is 0. The van der Waals surface area contributed by atoms with E-state index in [9.17, 15) is 14.0 Å². The minimum Gasteiger partial charge on any atom is -0.465 e. The molecule has 1 amide bonds. The first-order chi connectivity index (χ1) is 16.0. The van der Waals surface area contributed by atoms with Gasteiger partial charge in [0.2, 0.25) is 0 Å². The minimum atomic E-state index is -0.375. The van der Waals surface area contributed by atoms with Crippen molar-refractivity contribution in [2.45, 2.75) is 32.9 Å². The molecule has 4 rings (SSSR count). The van der Waals surface area contributed by atoms with Crippen molar-refractivity contribution in [3.05, 3.63) is 72.2 Å². The zero-order valence-corrected chi connectivity index (χ0v) is 18.2. The number of nitrogens with zero attached hydrogens (tertiary/aromatic N) is 5. The number of ether oxygens (including phenoxy) is 1. The van der Waals surface area contributed by atoms with Crippen LogP contribution in [-0.4, -0.2) is 43.0 Å². The van der Waals surface area contributed by atoms with E-state index in [4.69, 9.17) is 4.74 Å². The van der Waals surface area contributed by atoms with Gasteiger partial charge in [-0.1, -0.05) is 6.92 Å². The van der Waals surface area contributed by atoms with E-state index in [1.807, 2.05) is 6.92 Å². The number of carbonyl (C=O) groups excluding carboxylic acids is 2. The van der Waals surface area contributed by atoms with Gasteiger partial charge in [-0.3, -0.25) is 19.3 Å². The summed E-state index contributed by atoms with van der Waals surface area (Å²) in [6.45, 7) is 3.99. The molecule has 0 saturated heterocycles. The van der Waals surface area contributed by atoms with E-state index in [1.54, 1.807) is 48.5 Å². The topological polar surface area (TPSA) is 104 Å². The Morgan fingerprint density at radius 3 is 2.61 bits per heavy atom. The fourth-order valence-corrected chi connectivity index (χ4v) is 3.55. The lowest BCUT2D eigenvalue weighted by atomic mass is 10.1. The molecule has 3 aromatic heterocycles. The molecular formula is C23H23FN6O3.